The Morgan fingerprint density at radius 2 is 2.24 bits per heavy atom. The topological polar surface area (TPSA) is 50.2 Å². The molecule has 0 saturated heterocycles. The smallest absolute Gasteiger partial charge is 0.355 e. The Hall–Kier alpha value is -1.68. The highest BCUT2D eigenvalue weighted by atomic mass is 32.1. The summed E-state index contributed by atoms with van der Waals surface area (Å²) in [5, 5.41) is 11.2. The van der Waals surface area contributed by atoms with Gasteiger partial charge in [-0.25, -0.2) is 9.78 Å². The molecule has 0 radical (unpaired) electrons. The Labute approximate surface area is 104 Å². The predicted molar refractivity (Wildman–Crippen MR) is 67.7 cm³/mol. The Bertz CT molecular complexity index is 534. The molecule has 0 unspecified atom stereocenters. The molecule has 88 valence electrons. The maximum atomic E-state index is 10.7. The number of rotatable bonds is 4. The molecular weight excluding hydrogens is 234 g/mol. The molecule has 0 fully saturated rings. The highest BCUT2D eigenvalue weighted by molar-refractivity contribution is 7.09. The molecule has 0 atom stereocenters. The molecule has 2 rings (SSSR count). The number of nitrogens with zero attached hydrogens (tertiary/aromatic N) is 1. The lowest BCUT2D eigenvalue weighted by Crippen LogP contribution is -1.97. The SMILES string of the molecule is Cc1cccc(CCc2nc(C(=O)O)cs2)c1. The quantitative estimate of drug-likeness (QED) is 0.903. The van der Waals surface area contributed by atoms with E-state index in [0.29, 0.717) is 0 Å². The summed E-state index contributed by atoms with van der Waals surface area (Å²) in [5.74, 6) is -0.956. The molecule has 0 aliphatic heterocycles. The molecule has 17 heavy (non-hydrogen) atoms. The molecule has 0 bridgehead atoms. The maximum Gasteiger partial charge on any atom is 0.355 e. The summed E-state index contributed by atoms with van der Waals surface area (Å²) in [7, 11) is 0. The van der Waals surface area contributed by atoms with Crippen molar-refractivity contribution < 1.29 is 9.90 Å². The van der Waals surface area contributed by atoms with Crippen LogP contribution in [0, 0.1) is 6.92 Å². The van der Waals surface area contributed by atoms with E-state index in [0.717, 1.165) is 17.8 Å². The van der Waals surface area contributed by atoms with E-state index in [1.54, 1.807) is 5.38 Å². The summed E-state index contributed by atoms with van der Waals surface area (Å²) in [6, 6.07) is 8.33. The van der Waals surface area contributed by atoms with E-state index in [-0.39, 0.29) is 5.69 Å². The lowest BCUT2D eigenvalue weighted by Gasteiger charge is -2.00. The third-order valence-corrected chi connectivity index (χ3v) is 3.39. The number of benzene rings is 1. The Balaban J connectivity index is 2.00. The maximum absolute atomic E-state index is 10.7. The first-order valence-electron chi connectivity index (χ1n) is 5.38. The van der Waals surface area contributed by atoms with E-state index in [1.807, 2.05) is 6.07 Å². The van der Waals surface area contributed by atoms with Crippen LogP contribution in [0.25, 0.3) is 0 Å². The molecule has 0 aliphatic rings. The fourth-order valence-electron chi connectivity index (χ4n) is 1.64. The van der Waals surface area contributed by atoms with Crippen LogP contribution in [0.3, 0.4) is 0 Å². The van der Waals surface area contributed by atoms with Gasteiger partial charge in [-0.2, -0.15) is 0 Å². The molecule has 0 aliphatic carbocycles. The fraction of sp³-hybridized carbons (Fsp3) is 0.231. The highest BCUT2D eigenvalue weighted by Gasteiger charge is 2.08. The number of hydrogen-bond donors (Lipinski definition) is 1. The van der Waals surface area contributed by atoms with Gasteiger partial charge in [0.05, 0.1) is 5.01 Å². The van der Waals surface area contributed by atoms with Crippen molar-refractivity contribution in [2.75, 3.05) is 0 Å². The van der Waals surface area contributed by atoms with E-state index in [2.05, 4.69) is 30.1 Å². The van der Waals surface area contributed by atoms with Crippen LogP contribution in [0.2, 0.25) is 0 Å². The standard InChI is InChI=1S/C13H13NO2S/c1-9-3-2-4-10(7-9)5-6-12-14-11(8-17-12)13(15)16/h2-4,7-8H,5-6H2,1H3,(H,15,16). The third-order valence-electron chi connectivity index (χ3n) is 2.48. The average molecular weight is 247 g/mol. The molecule has 1 N–H and O–H groups in total. The molecule has 0 spiro atoms. The summed E-state index contributed by atoms with van der Waals surface area (Å²) in [6.07, 6.45) is 1.69. The molecule has 0 saturated carbocycles. The van der Waals surface area contributed by atoms with Crippen molar-refractivity contribution in [2.24, 2.45) is 0 Å². The summed E-state index contributed by atoms with van der Waals surface area (Å²) >= 11 is 1.41. The van der Waals surface area contributed by atoms with Crippen LogP contribution in [0.15, 0.2) is 29.6 Å². The van der Waals surface area contributed by atoms with Gasteiger partial charge in [-0.05, 0) is 18.9 Å². The van der Waals surface area contributed by atoms with E-state index in [4.69, 9.17) is 5.11 Å². The van der Waals surface area contributed by atoms with Crippen LogP contribution < -0.4 is 0 Å². The Morgan fingerprint density at radius 3 is 2.88 bits per heavy atom. The van der Waals surface area contributed by atoms with Gasteiger partial charge in [0.25, 0.3) is 0 Å². The first kappa shape index (κ1) is 11.8. The molecular formula is C13H13NO2S. The van der Waals surface area contributed by atoms with Gasteiger partial charge in [-0.15, -0.1) is 11.3 Å². The number of carboxylic acids is 1. The molecule has 4 heteroatoms. The van der Waals surface area contributed by atoms with Gasteiger partial charge in [0.2, 0.25) is 0 Å². The first-order chi connectivity index (χ1) is 8.15. The van der Waals surface area contributed by atoms with E-state index >= 15 is 0 Å². The van der Waals surface area contributed by atoms with Gasteiger partial charge in [-0.1, -0.05) is 29.8 Å². The highest BCUT2D eigenvalue weighted by Crippen LogP contribution is 2.13. The van der Waals surface area contributed by atoms with E-state index in [1.165, 1.54) is 22.5 Å². The van der Waals surface area contributed by atoms with Crippen molar-refractivity contribution in [3.63, 3.8) is 0 Å². The summed E-state index contributed by atoms with van der Waals surface area (Å²) in [5.41, 5.74) is 2.65. The zero-order valence-electron chi connectivity index (χ0n) is 9.51. The van der Waals surface area contributed by atoms with Crippen LogP contribution in [-0.2, 0) is 12.8 Å². The van der Waals surface area contributed by atoms with Gasteiger partial charge in [0.15, 0.2) is 5.69 Å². The van der Waals surface area contributed by atoms with Gasteiger partial charge >= 0.3 is 5.97 Å². The number of thiazole rings is 1. The zero-order chi connectivity index (χ0) is 12.3. The van der Waals surface area contributed by atoms with Crippen LogP contribution in [-0.4, -0.2) is 16.1 Å². The van der Waals surface area contributed by atoms with Gasteiger partial charge in [0, 0.05) is 11.8 Å². The Kier molecular flexibility index (Phi) is 3.54. The molecule has 3 nitrogen and oxygen atoms in total. The van der Waals surface area contributed by atoms with E-state index < -0.39 is 5.97 Å². The minimum absolute atomic E-state index is 0.147. The molecule has 1 heterocycles. The summed E-state index contributed by atoms with van der Waals surface area (Å²) < 4.78 is 0. The Morgan fingerprint density at radius 1 is 1.41 bits per heavy atom. The number of aromatic carboxylic acids is 1. The van der Waals surface area contributed by atoms with Crippen LogP contribution in [0.4, 0.5) is 0 Å². The molecule has 2 aromatic rings. The van der Waals surface area contributed by atoms with Gasteiger partial charge in [-0.3, -0.25) is 0 Å². The number of aryl methyl sites for hydroxylation is 3. The second-order valence-electron chi connectivity index (χ2n) is 3.92. The monoisotopic (exact) mass is 247 g/mol. The van der Waals surface area contributed by atoms with E-state index in [9.17, 15) is 4.79 Å². The van der Waals surface area contributed by atoms with Crippen molar-refractivity contribution in [2.45, 2.75) is 19.8 Å². The predicted octanol–water partition coefficient (Wildman–Crippen LogP) is 2.93. The molecule has 0 amide bonds. The third kappa shape index (κ3) is 3.14. The molecule has 1 aromatic carbocycles. The normalized spacial score (nSPS) is 10.4. The van der Waals surface area contributed by atoms with Crippen molar-refractivity contribution >= 4 is 17.3 Å². The van der Waals surface area contributed by atoms with Crippen molar-refractivity contribution in [1.29, 1.82) is 0 Å². The number of hydrogen-bond acceptors (Lipinski definition) is 3. The minimum atomic E-state index is -0.956. The first-order valence-corrected chi connectivity index (χ1v) is 6.26. The lowest BCUT2D eigenvalue weighted by atomic mass is 10.1. The fourth-order valence-corrected chi connectivity index (χ4v) is 2.42. The van der Waals surface area contributed by atoms with Crippen molar-refractivity contribution in [1.82, 2.24) is 4.98 Å². The second-order valence-corrected chi connectivity index (χ2v) is 4.86. The van der Waals surface area contributed by atoms with Crippen LogP contribution in [0.5, 0.6) is 0 Å². The van der Waals surface area contributed by atoms with Crippen LogP contribution in [0.1, 0.15) is 26.6 Å². The summed E-state index contributed by atoms with van der Waals surface area (Å²) in [6.45, 7) is 2.06. The van der Waals surface area contributed by atoms with Gasteiger partial charge in [0.1, 0.15) is 0 Å². The average Bonchev–Trinajstić information content (AvgIpc) is 2.75. The van der Waals surface area contributed by atoms with Crippen LogP contribution >= 0.6 is 11.3 Å². The number of aromatic nitrogens is 1. The summed E-state index contributed by atoms with van der Waals surface area (Å²) in [4.78, 5) is 14.7. The second kappa shape index (κ2) is 5.10. The number of carboxylic acid groups (broad SMARTS) is 1. The number of carbonyl (C=O) groups is 1. The largest absolute Gasteiger partial charge is 0.476 e. The van der Waals surface area contributed by atoms with Gasteiger partial charge < -0.3 is 5.11 Å². The molecule has 1 aromatic heterocycles. The lowest BCUT2D eigenvalue weighted by molar-refractivity contribution is 0.0691. The minimum Gasteiger partial charge on any atom is -0.476 e. The van der Waals surface area contributed by atoms with Crippen molar-refractivity contribution in [3.05, 3.63) is 51.5 Å². The van der Waals surface area contributed by atoms with Crippen molar-refractivity contribution in [3.8, 4) is 0 Å². The zero-order valence-corrected chi connectivity index (χ0v) is 10.3.